The summed E-state index contributed by atoms with van der Waals surface area (Å²) in [6, 6.07) is 10.7. The quantitative estimate of drug-likeness (QED) is 0.203. The van der Waals surface area contributed by atoms with Gasteiger partial charge in [-0.2, -0.15) is 4.98 Å². The first kappa shape index (κ1) is 26.8. The maximum atomic E-state index is 12.2. The molecular weight excluding hydrogens is 567 g/mol. The van der Waals surface area contributed by atoms with Gasteiger partial charge in [0.1, 0.15) is 23.3 Å². The Morgan fingerprint density at radius 2 is 2.05 bits per heavy atom. The van der Waals surface area contributed by atoms with Crippen LogP contribution in [-0.2, 0) is 9.53 Å². The van der Waals surface area contributed by atoms with E-state index in [4.69, 9.17) is 42.4 Å². The summed E-state index contributed by atoms with van der Waals surface area (Å²) in [5.41, 5.74) is 3.58. The first-order chi connectivity index (χ1) is 19.9. The molecular formula is C29H24Cl2N6O4. The Kier molecular flexibility index (Phi) is 7.36. The molecule has 41 heavy (non-hydrogen) atoms. The summed E-state index contributed by atoms with van der Waals surface area (Å²) >= 11 is 13.2. The Bertz CT molecular complexity index is 1800. The number of rotatable bonds is 8. The van der Waals surface area contributed by atoms with Crippen molar-refractivity contribution in [2.24, 2.45) is 0 Å². The molecule has 2 N–H and O–H groups in total. The van der Waals surface area contributed by atoms with E-state index in [2.05, 4.69) is 27.2 Å². The predicted octanol–water partition coefficient (Wildman–Crippen LogP) is 6.30. The van der Waals surface area contributed by atoms with Crippen molar-refractivity contribution in [2.75, 3.05) is 31.0 Å². The van der Waals surface area contributed by atoms with E-state index in [9.17, 15) is 4.79 Å². The molecule has 4 heterocycles. The van der Waals surface area contributed by atoms with Gasteiger partial charge in [-0.15, -0.1) is 0 Å². The van der Waals surface area contributed by atoms with Gasteiger partial charge in [0, 0.05) is 47.6 Å². The number of nitrogens with one attached hydrogen (secondary N) is 2. The first-order valence-corrected chi connectivity index (χ1v) is 13.4. The molecule has 6 rings (SSSR count). The molecule has 2 aromatic carbocycles. The highest BCUT2D eigenvalue weighted by Crippen LogP contribution is 2.42. The van der Waals surface area contributed by atoms with Crippen LogP contribution < -0.4 is 20.1 Å². The SMILES string of the molecule is C=CC(=O)Nc1cc(O[C@@H]2CCOC2)ccc1Nc1ncc2cc(-c3c(Cl)ccc(OC)c3Cl)c3nccn3c2n1. The smallest absolute Gasteiger partial charge is 0.247 e. The zero-order valence-electron chi connectivity index (χ0n) is 21.9. The van der Waals surface area contributed by atoms with Crippen molar-refractivity contribution in [3.63, 3.8) is 0 Å². The van der Waals surface area contributed by atoms with Crippen LogP contribution in [0.4, 0.5) is 17.3 Å². The number of aromatic nitrogens is 4. The second-order valence-corrected chi connectivity index (χ2v) is 10.0. The summed E-state index contributed by atoms with van der Waals surface area (Å²) in [5.74, 6) is 1.05. The number of imidazole rings is 1. The number of hydrogen-bond acceptors (Lipinski definition) is 8. The number of benzene rings is 2. The summed E-state index contributed by atoms with van der Waals surface area (Å²) in [5, 5.41) is 7.59. The third kappa shape index (κ3) is 5.24. The Hall–Kier alpha value is -4.38. The van der Waals surface area contributed by atoms with Crippen LogP contribution in [0.5, 0.6) is 11.5 Å². The monoisotopic (exact) mass is 590 g/mol. The van der Waals surface area contributed by atoms with Crippen LogP contribution in [0.15, 0.2) is 67.6 Å². The van der Waals surface area contributed by atoms with E-state index in [1.807, 2.05) is 16.5 Å². The first-order valence-electron chi connectivity index (χ1n) is 12.7. The van der Waals surface area contributed by atoms with Crippen molar-refractivity contribution in [3.05, 3.63) is 77.7 Å². The molecule has 1 aliphatic heterocycles. The number of fused-ring (bicyclic) bond motifs is 3. The van der Waals surface area contributed by atoms with E-state index in [0.29, 0.717) is 74.5 Å². The third-order valence-electron chi connectivity index (χ3n) is 6.62. The van der Waals surface area contributed by atoms with Gasteiger partial charge in [-0.05, 0) is 36.4 Å². The summed E-state index contributed by atoms with van der Waals surface area (Å²) < 4.78 is 18.6. The number of pyridine rings is 1. The lowest BCUT2D eigenvalue weighted by Gasteiger charge is -2.17. The van der Waals surface area contributed by atoms with Crippen molar-refractivity contribution in [1.29, 1.82) is 0 Å². The fraction of sp³-hybridized carbons (Fsp3) is 0.172. The Balaban J connectivity index is 1.39. The highest BCUT2D eigenvalue weighted by Gasteiger charge is 2.20. The van der Waals surface area contributed by atoms with Crippen molar-refractivity contribution in [2.45, 2.75) is 12.5 Å². The van der Waals surface area contributed by atoms with Crippen LogP contribution in [0.25, 0.3) is 27.8 Å². The van der Waals surface area contributed by atoms with Gasteiger partial charge in [0.15, 0.2) is 5.65 Å². The molecule has 0 spiro atoms. The molecule has 3 aromatic heterocycles. The molecule has 1 fully saturated rings. The number of carbonyl (C=O) groups is 1. The van der Waals surface area contributed by atoms with Crippen molar-refractivity contribution in [1.82, 2.24) is 19.4 Å². The second kappa shape index (κ2) is 11.2. The number of halogens is 2. The number of nitrogens with zero attached hydrogens (tertiary/aromatic N) is 4. The van der Waals surface area contributed by atoms with E-state index in [1.165, 1.54) is 6.08 Å². The summed E-state index contributed by atoms with van der Waals surface area (Å²) in [4.78, 5) is 26.0. The molecule has 0 aliphatic carbocycles. The largest absolute Gasteiger partial charge is 0.495 e. The molecule has 1 aliphatic rings. The summed E-state index contributed by atoms with van der Waals surface area (Å²) in [6.07, 6.45) is 7.13. The van der Waals surface area contributed by atoms with Crippen LogP contribution in [0.3, 0.4) is 0 Å². The minimum absolute atomic E-state index is 0.0372. The lowest BCUT2D eigenvalue weighted by Crippen LogP contribution is -2.16. The molecule has 1 atom stereocenters. The molecule has 1 amide bonds. The normalized spacial score (nSPS) is 14.8. The average molecular weight is 591 g/mol. The van der Waals surface area contributed by atoms with Gasteiger partial charge >= 0.3 is 0 Å². The molecule has 0 radical (unpaired) electrons. The van der Waals surface area contributed by atoms with E-state index < -0.39 is 0 Å². The van der Waals surface area contributed by atoms with Gasteiger partial charge in [-0.25, -0.2) is 9.97 Å². The zero-order valence-corrected chi connectivity index (χ0v) is 23.4. The topological polar surface area (TPSA) is 112 Å². The summed E-state index contributed by atoms with van der Waals surface area (Å²) in [6.45, 7) is 4.74. The number of anilines is 3. The summed E-state index contributed by atoms with van der Waals surface area (Å²) in [7, 11) is 1.55. The number of carbonyl (C=O) groups excluding carboxylic acids is 1. The maximum absolute atomic E-state index is 12.2. The minimum atomic E-state index is -0.364. The van der Waals surface area contributed by atoms with E-state index in [0.717, 1.165) is 11.8 Å². The molecule has 0 unspecified atom stereocenters. The van der Waals surface area contributed by atoms with Crippen LogP contribution in [-0.4, -0.2) is 51.7 Å². The molecule has 12 heteroatoms. The van der Waals surface area contributed by atoms with Crippen LogP contribution in [0.2, 0.25) is 10.0 Å². The molecule has 208 valence electrons. The van der Waals surface area contributed by atoms with Gasteiger partial charge in [0.2, 0.25) is 11.9 Å². The Morgan fingerprint density at radius 3 is 2.83 bits per heavy atom. The van der Waals surface area contributed by atoms with Gasteiger partial charge < -0.3 is 24.8 Å². The Morgan fingerprint density at radius 1 is 1.17 bits per heavy atom. The average Bonchev–Trinajstić information content (AvgIpc) is 3.67. The molecule has 1 saturated heterocycles. The fourth-order valence-corrected chi connectivity index (χ4v) is 5.32. The Labute approximate surface area is 244 Å². The van der Waals surface area contributed by atoms with Gasteiger partial charge in [-0.3, -0.25) is 9.20 Å². The van der Waals surface area contributed by atoms with Gasteiger partial charge in [0.25, 0.3) is 0 Å². The molecule has 0 bridgehead atoms. The number of hydrogen-bond donors (Lipinski definition) is 2. The van der Waals surface area contributed by atoms with E-state index >= 15 is 0 Å². The van der Waals surface area contributed by atoms with E-state index in [-0.39, 0.29) is 12.0 Å². The van der Waals surface area contributed by atoms with Crippen LogP contribution in [0.1, 0.15) is 6.42 Å². The standard InChI is InChI=1S/C29H24Cl2N6O4/c1-3-24(38)34-22-13-17(41-18-8-11-40-15-18)4-6-21(22)35-29-33-14-16-12-19(28-32-9-10-37(28)27(16)36-29)25-20(30)5-7-23(39-2)26(25)31/h3-7,9-10,12-14,18H,1,8,11,15H2,2H3,(H,34,38)(H,33,35,36)/t18-/m1/s1. The molecule has 0 saturated carbocycles. The van der Waals surface area contributed by atoms with Crippen LogP contribution >= 0.6 is 23.2 Å². The number of methoxy groups -OCH3 is 1. The zero-order chi connectivity index (χ0) is 28.5. The molecule has 5 aromatic rings. The number of amides is 1. The maximum Gasteiger partial charge on any atom is 0.247 e. The second-order valence-electron chi connectivity index (χ2n) is 9.22. The van der Waals surface area contributed by atoms with Crippen molar-refractivity contribution in [3.8, 4) is 22.6 Å². The van der Waals surface area contributed by atoms with E-state index in [1.54, 1.807) is 50.0 Å². The van der Waals surface area contributed by atoms with Crippen molar-refractivity contribution >= 4 is 63.1 Å². The lowest BCUT2D eigenvalue weighted by atomic mass is 10.0. The van der Waals surface area contributed by atoms with Crippen molar-refractivity contribution < 1.29 is 19.0 Å². The lowest BCUT2D eigenvalue weighted by molar-refractivity contribution is -0.111. The van der Waals surface area contributed by atoms with Gasteiger partial charge in [-0.1, -0.05) is 29.8 Å². The van der Waals surface area contributed by atoms with Crippen LogP contribution in [0, 0.1) is 0 Å². The number of ether oxygens (including phenoxy) is 3. The minimum Gasteiger partial charge on any atom is -0.495 e. The third-order valence-corrected chi connectivity index (χ3v) is 7.31. The highest BCUT2D eigenvalue weighted by molar-refractivity contribution is 6.40. The molecule has 10 nitrogen and oxygen atoms in total. The van der Waals surface area contributed by atoms with Gasteiger partial charge in [0.05, 0.1) is 41.7 Å². The fourth-order valence-electron chi connectivity index (χ4n) is 4.66. The predicted molar refractivity (Wildman–Crippen MR) is 159 cm³/mol. The highest BCUT2D eigenvalue weighted by atomic mass is 35.5.